The molecule has 3 saturated carbocycles. The lowest BCUT2D eigenvalue weighted by Crippen LogP contribution is -2.57. The quantitative estimate of drug-likeness (QED) is 0.226. The van der Waals surface area contributed by atoms with Crippen LogP contribution >= 0.6 is 23.2 Å². The Morgan fingerprint density at radius 1 is 1.00 bits per heavy atom. The molecule has 1 amide bonds. The van der Waals surface area contributed by atoms with Crippen LogP contribution in [0.2, 0.25) is 0 Å². The van der Waals surface area contributed by atoms with Crippen molar-refractivity contribution in [3.05, 3.63) is 29.8 Å². The van der Waals surface area contributed by atoms with E-state index in [1.165, 1.54) is 0 Å². The van der Waals surface area contributed by atoms with E-state index in [4.69, 9.17) is 37.4 Å². The summed E-state index contributed by atoms with van der Waals surface area (Å²) >= 11 is 12.0. The molecule has 0 radical (unpaired) electrons. The SMILES string of the molecule is C[C@@H]1CC[C@@]2(OC1)OC1CC3C4CC[C@H]5C[C@@H](OC(=O)Cc6ccc(N(CCCl)CCCl)cc6)CC[C@]5(C)C4CC(=O)N[C@]3(C)C1[C@@H]2C. The number of alkyl halides is 2. The zero-order chi connectivity index (χ0) is 33.8. The van der Waals surface area contributed by atoms with Gasteiger partial charge in [0, 0.05) is 60.8 Å². The minimum absolute atomic E-state index is 0.0614. The number of carbonyl (C=O) groups excluding carboxylic acids is 2. The number of halogens is 2. The smallest absolute Gasteiger partial charge is 0.310 e. The summed E-state index contributed by atoms with van der Waals surface area (Å²) in [5.74, 6) is 3.40. The number of nitrogens with zero attached hydrogens (tertiary/aromatic N) is 1. The van der Waals surface area contributed by atoms with E-state index < -0.39 is 5.79 Å². The molecule has 1 spiro atoms. The molecule has 3 saturated heterocycles. The average Bonchev–Trinajstić information content (AvgIpc) is 3.44. The van der Waals surface area contributed by atoms with Gasteiger partial charge in [0.1, 0.15) is 6.10 Å². The molecule has 3 heterocycles. The van der Waals surface area contributed by atoms with Gasteiger partial charge in [0.15, 0.2) is 5.79 Å². The van der Waals surface area contributed by atoms with Crippen molar-refractivity contribution < 1.29 is 23.8 Å². The topological polar surface area (TPSA) is 77.1 Å². The summed E-state index contributed by atoms with van der Waals surface area (Å²) in [5, 5.41) is 3.64. The molecule has 266 valence electrons. The van der Waals surface area contributed by atoms with E-state index in [-0.39, 0.29) is 53.3 Å². The Balaban J connectivity index is 0.994. The minimum Gasteiger partial charge on any atom is -0.462 e. The second-order valence-corrected chi connectivity index (χ2v) is 17.5. The maximum Gasteiger partial charge on any atom is 0.310 e. The molecule has 1 N–H and O–H groups in total. The average molecular weight is 704 g/mol. The summed E-state index contributed by atoms with van der Waals surface area (Å²) in [6.45, 7) is 11.6. The van der Waals surface area contributed by atoms with Crippen LogP contribution in [0.25, 0.3) is 0 Å². The third-order valence-electron chi connectivity index (χ3n) is 14.2. The van der Waals surface area contributed by atoms with Gasteiger partial charge >= 0.3 is 5.97 Å². The highest BCUT2D eigenvalue weighted by Gasteiger charge is 2.69. The molecule has 1 aromatic carbocycles. The number of anilines is 1. The van der Waals surface area contributed by atoms with Crippen LogP contribution in [-0.2, 0) is 30.2 Å². The molecule has 48 heavy (non-hydrogen) atoms. The summed E-state index contributed by atoms with van der Waals surface area (Å²) in [6.07, 6.45) is 9.04. The first-order valence-corrected chi connectivity index (χ1v) is 19.8. The Hall–Kier alpha value is -1.54. The molecule has 0 aromatic heterocycles. The van der Waals surface area contributed by atoms with Crippen LogP contribution in [0.1, 0.15) is 91.0 Å². The zero-order valence-electron chi connectivity index (χ0n) is 29.4. The molecule has 7 rings (SSSR count). The van der Waals surface area contributed by atoms with Crippen molar-refractivity contribution in [2.45, 2.75) is 115 Å². The van der Waals surface area contributed by atoms with Crippen molar-refractivity contribution in [2.24, 2.45) is 46.8 Å². The second kappa shape index (κ2) is 13.5. The first-order chi connectivity index (χ1) is 23.0. The Bertz CT molecular complexity index is 1330. The molecule has 12 atom stereocenters. The predicted molar refractivity (Wildman–Crippen MR) is 189 cm³/mol. The molecule has 3 aliphatic carbocycles. The van der Waals surface area contributed by atoms with E-state index in [2.05, 4.69) is 37.9 Å². The van der Waals surface area contributed by atoms with Gasteiger partial charge in [-0.05, 0) is 105 Å². The van der Waals surface area contributed by atoms with Gasteiger partial charge in [-0.3, -0.25) is 9.59 Å². The van der Waals surface area contributed by atoms with Crippen molar-refractivity contribution in [3.63, 3.8) is 0 Å². The fourth-order valence-corrected chi connectivity index (χ4v) is 12.1. The largest absolute Gasteiger partial charge is 0.462 e. The molecular formula is C39H56Cl2N2O5. The number of fused-ring (bicyclic) bond motifs is 7. The van der Waals surface area contributed by atoms with Crippen LogP contribution in [0.3, 0.4) is 0 Å². The van der Waals surface area contributed by atoms with Crippen LogP contribution in [0, 0.1) is 46.8 Å². The standard InChI is InChI=1S/C39H56Cl2N2O5/c1-24-11-14-39(46-23-24)25(2)36-33(48-39)21-32-30-10-7-27-20-29(12-13-37(27,3)31(30)22-34(44)42-38(32,36)4)47-35(45)19-26-5-8-28(9-6-26)43(17-15-40)18-16-41/h5-6,8-9,24-25,27,29-33,36H,7,10-23H2,1-4H3,(H,42,44)/t24-,25+,27+,29+,30?,31?,32?,33?,36?,37+,38+,39-/m1/s1. The van der Waals surface area contributed by atoms with Gasteiger partial charge in [0.2, 0.25) is 5.91 Å². The lowest BCUT2D eigenvalue weighted by Gasteiger charge is -2.56. The number of esters is 1. The van der Waals surface area contributed by atoms with Gasteiger partial charge < -0.3 is 24.4 Å². The Morgan fingerprint density at radius 2 is 1.75 bits per heavy atom. The third kappa shape index (κ3) is 6.09. The third-order valence-corrected chi connectivity index (χ3v) is 14.6. The number of hydrogen-bond donors (Lipinski definition) is 1. The number of benzene rings is 1. The number of nitrogens with one attached hydrogen (secondary N) is 1. The van der Waals surface area contributed by atoms with Crippen molar-refractivity contribution in [1.82, 2.24) is 5.32 Å². The summed E-state index contributed by atoms with van der Waals surface area (Å²) < 4.78 is 19.5. The predicted octanol–water partition coefficient (Wildman–Crippen LogP) is 7.35. The lowest BCUT2D eigenvalue weighted by molar-refractivity contribution is -0.271. The van der Waals surface area contributed by atoms with Crippen LogP contribution in [0.5, 0.6) is 0 Å². The molecule has 7 nitrogen and oxygen atoms in total. The number of hydrogen-bond acceptors (Lipinski definition) is 6. The van der Waals surface area contributed by atoms with E-state index in [1.54, 1.807) is 0 Å². The molecule has 9 heteroatoms. The van der Waals surface area contributed by atoms with Gasteiger partial charge in [-0.15, -0.1) is 23.2 Å². The summed E-state index contributed by atoms with van der Waals surface area (Å²) in [6, 6.07) is 8.07. The van der Waals surface area contributed by atoms with Gasteiger partial charge in [-0.25, -0.2) is 0 Å². The Morgan fingerprint density at radius 3 is 2.44 bits per heavy atom. The maximum absolute atomic E-state index is 13.8. The summed E-state index contributed by atoms with van der Waals surface area (Å²) in [7, 11) is 0. The first-order valence-electron chi connectivity index (χ1n) is 18.8. The van der Waals surface area contributed by atoms with Crippen molar-refractivity contribution >= 4 is 40.8 Å². The van der Waals surface area contributed by atoms with Gasteiger partial charge in [-0.1, -0.05) is 32.9 Å². The van der Waals surface area contributed by atoms with E-state index in [0.29, 0.717) is 47.8 Å². The monoisotopic (exact) mass is 702 g/mol. The Labute approximate surface area is 297 Å². The van der Waals surface area contributed by atoms with Crippen molar-refractivity contribution in [3.8, 4) is 0 Å². The molecular weight excluding hydrogens is 647 g/mol. The highest BCUT2D eigenvalue weighted by Crippen LogP contribution is 2.65. The molecule has 3 aliphatic heterocycles. The lowest BCUT2D eigenvalue weighted by atomic mass is 9.49. The van der Waals surface area contributed by atoms with Crippen LogP contribution in [-0.4, -0.2) is 66.9 Å². The summed E-state index contributed by atoms with van der Waals surface area (Å²) in [5.41, 5.74) is 1.79. The number of amides is 1. The van der Waals surface area contributed by atoms with E-state index in [1.807, 2.05) is 24.3 Å². The minimum atomic E-state index is -0.495. The van der Waals surface area contributed by atoms with Crippen molar-refractivity contribution in [1.29, 1.82) is 0 Å². The van der Waals surface area contributed by atoms with Gasteiger partial charge in [0.05, 0.1) is 19.1 Å². The zero-order valence-corrected chi connectivity index (χ0v) is 30.9. The van der Waals surface area contributed by atoms with E-state index in [9.17, 15) is 9.59 Å². The fourth-order valence-electron chi connectivity index (χ4n) is 11.7. The van der Waals surface area contributed by atoms with Crippen molar-refractivity contribution in [2.75, 3.05) is 36.4 Å². The maximum atomic E-state index is 13.8. The molecule has 0 bridgehead atoms. The number of rotatable bonds is 8. The van der Waals surface area contributed by atoms with E-state index >= 15 is 0 Å². The first kappa shape index (κ1) is 34.9. The molecule has 6 aliphatic rings. The van der Waals surface area contributed by atoms with Crippen LogP contribution in [0.4, 0.5) is 5.69 Å². The van der Waals surface area contributed by atoms with Gasteiger partial charge in [0.25, 0.3) is 0 Å². The second-order valence-electron chi connectivity index (χ2n) is 16.8. The van der Waals surface area contributed by atoms with Crippen LogP contribution in [0.15, 0.2) is 24.3 Å². The highest BCUT2D eigenvalue weighted by atomic mass is 35.5. The molecule has 6 fully saturated rings. The Kier molecular flexibility index (Phi) is 9.84. The molecule has 1 aromatic rings. The summed E-state index contributed by atoms with van der Waals surface area (Å²) in [4.78, 5) is 29.1. The fraction of sp³-hybridized carbons (Fsp3) is 0.795. The molecule has 5 unspecified atom stereocenters. The highest BCUT2D eigenvalue weighted by molar-refractivity contribution is 6.18. The van der Waals surface area contributed by atoms with Crippen LogP contribution < -0.4 is 10.2 Å². The normalized spacial score (nSPS) is 43.4. The number of carbonyl (C=O) groups is 2. The number of ether oxygens (including phenoxy) is 3. The van der Waals surface area contributed by atoms with Gasteiger partial charge in [-0.2, -0.15) is 0 Å². The van der Waals surface area contributed by atoms with E-state index in [0.717, 1.165) is 82.3 Å².